The Balaban J connectivity index is 1.63. The molecule has 0 saturated carbocycles. The third-order valence-electron chi connectivity index (χ3n) is 4.48. The topological polar surface area (TPSA) is 79.9 Å². The van der Waals surface area contributed by atoms with Crippen molar-refractivity contribution in [3.8, 4) is 11.5 Å². The Bertz CT molecular complexity index is 635. The van der Waals surface area contributed by atoms with E-state index in [0.29, 0.717) is 45.0 Å². The number of nitrogens with one attached hydrogen (secondary N) is 2. The van der Waals surface area contributed by atoms with E-state index in [1.165, 1.54) is 0 Å². The summed E-state index contributed by atoms with van der Waals surface area (Å²) in [4.78, 5) is 26.3. The lowest BCUT2D eigenvalue weighted by Crippen LogP contribution is -2.50. The van der Waals surface area contributed by atoms with Crippen LogP contribution in [0.5, 0.6) is 11.5 Å². The smallest absolute Gasteiger partial charge is 0.318 e. The van der Waals surface area contributed by atoms with Gasteiger partial charge in [0.05, 0.1) is 0 Å². The number of rotatable bonds is 4. The molecule has 7 heteroatoms. The molecule has 2 aliphatic heterocycles. The number of hydrogen-bond acceptors (Lipinski definition) is 4. The average Bonchev–Trinajstić information content (AvgIpc) is 2.84. The summed E-state index contributed by atoms with van der Waals surface area (Å²) in [6.07, 6.45) is 2.56. The fourth-order valence-corrected chi connectivity index (χ4v) is 3.05. The molecule has 0 unspecified atom stereocenters. The van der Waals surface area contributed by atoms with Gasteiger partial charge in [0, 0.05) is 19.6 Å². The summed E-state index contributed by atoms with van der Waals surface area (Å²) in [5, 5.41) is 5.70. The van der Waals surface area contributed by atoms with Crippen LogP contribution in [0.2, 0.25) is 0 Å². The van der Waals surface area contributed by atoms with E-state index >= 15 is 0 Å². The van der Waals surface area contributed by atoms with Crippen LogP contribution in [0.15, 0.2) is 18.2 Å². The molecule has 1 aromatic carbocycles. The van der Waals surface area contributed by atoms with Crippen molar-refractivity contribution in [3.63, 3.8) is 0 Å². The fraction of sp³-hybridized carbons (Fsp3) is 0.556. The maximum absolute atomic E-state index is 12.6. The predicted octanol–water partition coefficient (Wildman–Crippen LogP) is 1.66. The van der Waals surface area contributed by atoms with Crippen molar-refractivity contribution in [3.05, 3.63) is 23.8 Å². The molecule has 3 amide bonds. The molecular weight excluding hydrogens is 322 g/mol. The van der Waals surface area contributed by atoms with E-state index in [9.17, 15) is 9.59 Å². The number of fused-ring (bicyclic) bond motifs is 1. The molecule has 2 aliphatic rings. The molecule has 136 valence electrons. The highest BCUT2D eigenvalue weighted by atomic mass is 16.6. The third-order valence-corrected chi connectivity index (χ3v) is 4.48. The fourth-order valence-electron chi connectivity index (χ4n) is 3.05. The zero-order chi connectivity index (χ0) is 17.6. The van der Waals surface area contributed by atoms with Crippen molar-refractivity contribution in [1.82, 2.24) is 15.5 Å². The second kappa shape index (κ2) is 8.09. The van der Waals surface area contributed by atoms with Gasteiger partial charge in [0.25, 0.3) is 0 Å². The second-order valence-corrected chi connectivity index (χ2v) is 6.28. The van der Waals surface area contributed by atoms with Gasteiger partial charge in [-0.15, -0.1) is 0 Å². The first-order valence-electron chi connectivity index (χ1n) is 8.89. The Morgan fingerprint density at radius 3 is 2.88 bits per heavy atom. The number of nitrogens with zero attached hydrogens (tertiary/aromatic N) is 1. The van der Waals surface area contributed by atoms with Crippen LogP contribution >= 0.6 is 0 Å². The largest absolute Gasteiger partial charge is 0.486 e. The predicted molar refractivity (Wildman–Crippen MR) is 92.7 cm³/mol. The summed E-state index contributed by atoms with van der Waals surface area (Å²) in [5.41, 5.74) is 0.964. The lowest BCUT2D eigenvalue weighted by Gasteiger charge is -2.25. The molecule has 3 rings (SSSR count). The molecule has 1 atom stereocenters. The quantitative estimate of drug-likeness (QED) is 0.868. The van der Waals surface area contributed by atoms with E-state index in [2.05, 4.69) is 10.6 Å². The maximum atomic E-state index is 12.6. The van der Waals surface area contributed by atoms with Crippen LogP contribution in [0.3, 0.4) is 0 Å². The first-order valence-corrected chi connectivity index (χ1v) is 8.89. The number of carbonyl (C=O) groups excluding carboxylic acids is 2. The van der Waals surface area contributed by atoms with E-state index < -0.39 is 6.04 Å². The summed E-state index contributed by atoms with van der Waals surface area (Å²) in [5.74, 6) is 1.35. The molecule has 1 aromatic rings. The van der Waals surface area contributed by atoms with E-state index in [1.807, 2.05) is 25.1 Å². The molecule has 25 heavy (non-hydrogen) atoms. The van der Waals surface area contributed by atoms with Crippen LogP contribution < -0.4 is 20.1 Å². The van der Waals surface area contributed by atoms with Gasteiger partial charge in [0.15, 0.2) is 11.5 Å². The van der Waals surface area contributed by atoms with Gasteiger partial charge in [-0.3, -0.25) is 4.79 Å². The third kappa shape index (κ3) is 4.35. The first-order chi connectivity index (χ1) is 12.2. The van der Waals surface area contributed by atoms with Gasteiger partial charge in [0.2, 0.25) is 5.91 Å². The molecule has 2 heterocycles. The van der Waals surface area contributed by atoms with Crippen molar-refractivity contribution in [2.75, 3.05) is 26.3 Å². The Hall–Kier alpha value is -2.44. The Morgan fingerprint density at radius 2 is 2.08 bits per heavy atom. The SMILES string of the molecule is CCN(Cc1ccc2c(c1)OCCO2)C(=O)N[C@H]1CCCCNC1=O. The normalized spacial score (nSPS) is 19.6. The summed E-state index contributed by atoms with van der Waals surface area (Å²) in [6, 6.07) is 5.03. The highest BCUT2D eigenvalue weighted by molar-refractivity contribution is 5.87. The van der Waals surface area contributed by atoms with Gasteiger partial charge >= 0.3 is 6.03 Å². The number of carbonyl (C=O) groups is 2. The van der Waals surface area contributed by atoms with Gasteiger partial charge in [-0.2, -0.15) is 0 Å². The summed E-state index contributed by atoms with van der Waals surface area (Å²) in [6.45, 7) is 4.69. The van der Waals surface area contributed by atoms with Gasteiger partial charge in [0.1, 0.15) is 19.3 Å². The molecule has 1 fully saturated rings. The number of amides is 3. The van der Waals surface area contributed by atoms with Crippen LogP contribution in [0.1, 0.15) is 31.7 Å². The van der Waals surface area contributed by atoms with Crippen LogP contribution in [-0.4, -0.2) is 49.2 Å². The van der Waals surface area contributed by atoms with E-state index in [0.717, 1.165) is 24.2 Å². The summed E-state index contributed by atoms with van der Waals surface area (Å²) < 4.78 is 11.1. The highest BCUT2D eigenvalue weighted by Crippen LogP contribution is 2.31. The number of benzene rings is 1. The average molecular weight is 347 g/mol. The van der Waals surface area contributed by atoms with Gasteiger partial charge in [-0.05, 0) is 43.9 Å². The van der Waals surface area contributed by atoms with Crippen molar-refractivity contribution in [2.45, 2.75) is 38.8 Å². The molecule has 0 spiro atoms. The summed E-state index contributed by atoms with van der Waals surface area (Å²) in [7, 11) is 0. The molecule has 0 aromatic heterocycles. The van der Waals surface area contributed by atoms with Crippen molar-refractivity contribution >= 4 is 11.9 Å². The Morgan fingerprint density at radius 1 is 1.28 bits per heavy atom. The number of urea groups is 1. The minimum atomic E-state index is -0.454. The van der Waals surface area contributed by atoms with Crippen molar-refractivity contribution in [1.29, 1.82) is 0 Å². The van der Waals surface area contributed by atoms with Crippen LogP contribution in [0.4, 0.5) is 4.79 Å². The Labute approximate surface area is 147 Å². The molecule has 0 bridgehead atoms. The zero-order valence-corrected chi connectivity index (χ0v) is 14.5. The Kier molecular flexibility index (Phi) is 5.63. The number of hydrogen-bond donors (Lipinski definition) is 2. The first kappa shape index (κ1) is 17.4. The van der Waals surface area contributed by atoms with Gasteiger partial charge in [-0.1, -0.05) is 6.07 Å². The lowest BCUT2D eigenvalue weighted by molar-refractivity contribution is -0.122. The van der Waals surface area contributed by atoms with Gasteiger partial charge in [-0.25, -0.2) is 4.79 Å². The molecule has 0 radical (unpaired) electrons. The minimum absolute atomic E-state index is 0.0961. The molecule has 0 aliphatic carbocycles. The zero-order valence-electron chi connectivity index (χ0n) is 14.5. The monoisotopic (exact) mass is 347 g/mol. The van der Waals surface area contributed by atoms with Crippen LogP contribution in [0.25, 0.3) is 0 Å². The second-order valence-electron chi connectivity index (χ2n) is 6.28. The maximum Gasteiger partial charge on any atom is 0.318 e. The lowest BCUT2D eigenvalue weighted by atomic mass is 10.1. The molecular formula is C18H25N3O4. The standard InChI is InChI=1S/C18H25N3O4/c1-2-21(18(23)20-14-5-3-4-8-19-17(14)22)12-13-6-7-15-16(11-13)25-10-9-24-15/h6-7,11,14H,2-5,8-10,12H2,1H3,(H,19,22)(H,20,23)/t14-/m0/s1. The van der Waals surface area contributed by atoms with Crippen molar-refractivity contribution in [2.24, 2.45) is 0 Å². The highest BCUT2D eigenvalue weighted by Gasteiger charge is 2.24. The molecule has 7 nitrogen and oxygen atoms in total. The number of ether oxygens (including phenoxy) is 2. The van der Waals surface area contributed by atoms with E-state index in [-0.39, 0.29) is 11.9 Å². The molecule has 1 saturated heterocycles. The van der Waals surface area contributed by atoms with Crippen LogP contribution in [-0.2, 0) is 11.3 Å². The van der Waals surface area contributed by atoms with Gasteiger partial charge < -0.3 is 25.0 Å². The van der Waals surface area contributed by atoms with Crippen LogP contribution in [0, 0.1) is 0 Å². The van der Waals surface area contributed by atoms with E-state index in [4.69, 9.17) is 9.47 Å². The van der Waals surface area contributed by atoms with E-state index in [1.54, 1.807) is 4.90 Å². The minimum Gasteiger partial charge on any atom is -0.486 e. The molecule has 2 N–H and O–H groups in total. The van der Waals surface area contributed by atoms with Crippen molar-refractivity contribution < 1.29 is 19.1 Å². The summed E-state index contributed by atoms with van der Waals surface area (Å²) >= 11 is 0.